The van der Waals surface area contributed by atoms with Crippen LogP contribution in [0, 0.1) is 6.92 Å². The molecule has 182 valence electrons. The van der Waals surface area contributed by atoms with E-state index in [4.69, 9.17) is 16.3 Å². The first kappa shape index (κ1) is 24.1. The zero-order chi connectivity index (χ0) is 25.0. The van der Waals surface area contributed by atoms with Crippen LogP contribution in [0.4, 0.5) is 0 Å². The molecule has 3 aromatic carbocycles. The van der Waals surface area contributed by atoms with Crippen LogP contribution in [0.5, 0.6) is 5.75 Å². The minimum absolute atomic E-state index is 0.128. The molecule has 0 aliphatic carbocycles. The quantitative estimate of drug-likeness (QED) is 0.363. The highest BCUT2D eigenvalue weighted by Crippen LogP contribution is 2.40. The van der Waals surface area contributed by atoms with Crippen molar-refractivity contribution in [2.75, 3.05) is 0 Å². The molecule has 0 amide bonds. The molecule has 2 heterocycles. The topological polar surface area (TPSA) is 77.4 Å². The van der Waals surface area contributed by atoms with Crippen molar-refractivity contribution in [2.45, 2.75) is 50.3 Å². The van der Waals surface area contributed by atoms with Crippen molar-refractivity contribution in [1.29, 1.82) is 0 Å². The van der Waals surface area contributed by atoms with Gasteiger partial charge in [-0.1, -0.05) is 52.8 Å². The molecule has 0 saturated carbocycles. The summed E-state index contributed by atoms with van der Waals surface area (Å²) in [5, 5.41) is 0.629. The summed E-state index contributed by atoms with van der Waals surface area (Å²) in [4.78, 5) is 12.7. The summed E-state index contributed by atoms with van der Waals surface area (Å²) < 4.78 is 38.1. The molecule has 35 heavy (non-hydrogen) atoms. The second-order valence-electron chi connectivity index (χ2n) is 9.49. The molecule has 9 heteroatoms. The van der Waals surface area contributed by atoms with E-state index in [0.29, 0.717) is 34.0 Å². The fourth-order valence-corrected chi connectivity index (χ4v) is 6.84. The van der Waals surface area contributed by atoms with Gasteiger partial charge >= 0.3 is 4.87 Å². The summed E-state index contributed by atoms with van der Waals surface area (Å²) in [6, 6.07) is 17.5. The van der Waals surface area contributed by atoms with Gasteiger partial charge in [0.15, 0.2) is 0 Å². The Bertz CT molecular complexity index is 1590. The number of sulfonamides is 1. The number of aryl methyl sites for hydroxylation is 1. The van der Waals surface area contributed by atoms with Gasteiger partial charge < -0.3 is 4.74 Å². The maximum Gasteiger partial charge on any atom is 0.308 e. The average Bonchev–Trinajstić information content (AvgIpc) is 3.09. The van der Waals surface area contributed by atoms with Gasteiger partial charge in [0, 0.05) is 17.0 Å². The Balaban J connectivity index is 1.47. The summed E-state index contributed by atoms with van der Waals surface area (Å²) in [5.74, 6) is 0.687. The van der Waals surface area contributed by atoms with E-state index in [-0.39, 0.29) is 9.77 Å². The van der Waals surface area contributed by atoms with Crippen LogP contribution in [-0.2, 0) is 16.6 Å². The molecule has 1 N–H and O–H groups in total. The standard InChI is InChI=1S/C26H25ClN2O4S2/c1-16-4-11-23-20(12-16)21(14-26(2,3)33-23)28-35(31,32)19-9-10-22-24(13-19)34-25(30)29(22)15-17-5-7-18(27)8-6-17/h4-13,21,28H,14-15H2,1-3H3/t21-/m1/s1. The lowest BCUT2D eigenvalue weighted by molar-refractivity contribution is 0.0701. The number of thiazole rings is 1. The summed E-state index contributed by atoms with van der Waals surface area (Å²) in [6.07, 6.45) is 0.496. The van der Waals surface area contributed by atoms with Gasteiger partial charge in [0.1, 0.15) is 11.4 Å². The normalized spacial score (nSPS) is 17.2. The second-order valence-corrected chi connectivity index (χ2v) is 12.6. The monoisotopic (exact) mass is 528 g/mol. The van der Waals surface area contributed by atoms with Crippen molar-refractivity contribution in [3.05, 3.63) is 92.0 Å². The van der Waals surface area contributed by atoms with Crippen LogP contribution in [0.1, 0.15) is 43.0 Å². The first-order chi connectivity index (χ1) is 16.5. The van der Waals surface area contributed by atoms with Crippen molar-refractivity contribution >= 4 is 43.2 Å². The smallest absolute Gasteiger partial charge is 0.308 e. The highest BCUT2D eigenvalue weighted by molar-refractivity contribution is 7.89. The van der Waals surface area contributed by atoms with Crippen molar-refractivity contribution in [3.8, 4) is 5.75 Å². The molecule has 0 unspecified atom stereocenters. The van der Waals surface area contributed by atoms with Gasteiger partial charge in [-0.25, -0.2) is 13.1 Å². The maximum absolute atomic E-state index is 13.4. The Kier molecular flexibility index (Phi) is 6.04. The summed E-state index contributed by atoms with van der Waals surface area (Å²) in [7, 11) is -3.85. The fourth-order valence-electron chi connectivity index (χ4n) is 4.47. The van der Waals surface area contributed by atoms with E-state index in [0.717, 1.165) is 28.0 Å². The number of hydrogen-bond donors (Lipinski definition) is 1. The zero-order valence-corrected chi connectivity index (χ0v) is 21.9. The lowest BCUT2D eigenvalue weighted by Crippen LogP contribution is -2.41. The van der Waals surface area contributed by atoms with Crippen molar-refractivity contribution < 1.29 is 13.2 Å². The lowest BCUT2D eigenvalue weighted by atomic mass is 9.89. The first-order valence-electron chi connectivity index (χ1n) is 11.2. The summed E-state index contributed by atoms with van der Waals surface area (Å²) in [6.45, 7) is 6.25. The predicted octanol–water partition coefficient (Wildman–Crippen LogP) is 5.65. The molecular weight excluding hydrogens is 504 g/mol. The zero-order valence-electron chi connectivity index (χ0n) is 19.5. The van der Waals surface area contributed by atoms with Gasteiger partial charge in [0.2, 0.25) is 10.0 Å². The lowest BCUT2D eigenvalue weighted by Gasteiger charge is -2.38. The molecular formula is C26H25ClN2O4S2. The van der Waals surface area contributed by atoms with E-state index < -0.39 is 21.7 Å². The number of rotatable bonds is 5. The third-order valence-corrected chi connectivity index (χ3v) is 8.79. The molecule has 0 fully saturated rings. The van der Waals surface area contributed by atoms with E-state index in [1.165, 1.54) is 0 Å². The van der Waals surface area contributed by atoms with Gasteiger partial charge in [0.25, 0.3) is 0 Å². The maximum atomic E-state index is 13.4. The minimum Gasteiger partial charge on any atom is -0.487 e. The van der Waals surface area contributed by atoms with E-state index >= 15 is 0 Å². The number of aromatic nitrogens is 1. The van der Waals surface area contributed by atoms with Gasteiger partial charge in [-0.3, -0.25) is 9.36 Å². The Labute approximate surface area is 213 Å². The second kappa shape index (κ2) is 8.78. The van der Waals surface area contributed by atoms with Crippen molar-refractivity contribution in [2.24, 2.45) is 0 Å². The number of nitrogens with one attached hydrogen (secondary N) is 1. The number of hydrogen-bond acceptors (Lipinski definition) is 5. The van der Waals surface area contributed by atoms with Crippen LogP contribution >= 0.6 is 22.9 Å². The fraction of sp³-hybridized carbons (Fsp3) is 0.269. The van der Waals surface area contributed by atoms with E-state index in [1.54, 1.807) is 34.9 Å². The minimum atomic E-state index is -3.85. The molecule has 4 aromatic rings. The van der Waals surface area contributed by atoms with Gasteiger partial charge in [-0.2, -0.15) is 0 Å². The van der Waals surface area contributed by atoms with Crippen molar-refractivity contribution in [1.82, 2.24) is 9.29 Å². The van der Waals surface area contributed by atoms with Crippen LogP contribution in [0.25, 0.3) is 10.2 Å². The molecule has 1 aliphatic rings. The van der Waals surface area contributed by atoms with Gasteiger partial charge in [-0.15, -0.1) is 0 Å². The number of benzene rings is 3. The van der Waals surface area contributed by atoms with E-state index in [2.05, 4.69) is 4.72 Å². The molecule has 1 aromatic heterocycles. The molecule has 1 atom stereocenters. The van der Waals surface area contributed by atoms with E-state index in [1.807, 2.05) is 51.1 Å². The Hall–Kier alpha value is -2.65. The average molecular weight is 529 g/mol. The Morgan fingerprint density at radius 2 is 1.86 bits per heavy atom. The molecule has 6 nitrogen and oxygen atoms in total. The van der Waals surface area contributed by atoms with Crippen LogP contribution in [-0.4, -0.2) is 18.6 Å². The number of ether oxygens (including phenoxy) is 1. The molecule has 0 radical (unpaired) electrons. The van der Waals surface area contributed by atoms with Crippen LogP contribution < -0.4 is 14.3 Å². The SMILES string of the molecule is Cc1ccc2c(c1)[C@H](NS(=O)(=O)c1ccc3c(c1)sc(=O)n3Cc1ccc(Cl)cc1)CC(C)(C)O2. The molecule has 0 saturated heterocycles. The number of nitrogens with zero attached hydrogens (tertiary/aromatic N) is 1. The van der Waals surface area contributed by atoms with Crippen LogP contribution in [0.2, 0.25) is 5.02 Å². The third-order valence-electron chi connectivity index (χ3n) is 6.12. The Morgan fingerprint density at radius 3 is 2.60 bits per heavy atom. The van der Waals surface area contributed by atoms with E-state index in [9.17, 15) is 13.2 Å². The van der Waals surface area contributed by atoms with Crippen LogP contribution in [0.3, 0.4) is 0 Å². The highest BCUT2D eigenvalue weighted by Gasteiger charge is 2.36. The predicted molar refractivity (Wildman–Crippen MR) is 140 cm³/mol. The molecule has 0 spiro atoms. The molecule has 5 rings (SSSR count). The van der Waals surface area contributed by atoms with Gasteiger partial charge in [-0.05, 0) is 62.7 Å². The number of fused-ring (bicyclic) bond motifs is 2. The first-order valence-corrected chi connectivity index (χ1v) is 13.9. The summed E-state index contributed by atoms with van der Waals surface area (Å²) >= 11 is 7.00. The number of halogens is 1. The summed E-state index contributed by atoms with van der Waals surface area (Å²) in [5.41, 5.74) is 2.97. The largest absolute Gasteiger partial charge is 0.487 e. The third kappa shape index (κ3) is 4.89. The van der Waals surface area contributed by atoms with Crippen molar-refractivity contribution in [3.63, 3.8) is 0 Å². The van der Waals surface area contributed by atoms with Crippen LogP contribution in [0.15, 0.2) is 70.4 Å². The molecule has 0 bridgehead atoms. The Morgan fingerprint density at radius 1 is 1.11 bits per heavy atom. The van der Waals surface area contributed by atoms with Gasteiger partial charge in [0.05, 0.1) is 27.7 Å². The molecule has 1 aliphatic heterocycles. The highest BCUT2D eigenvalue weighted by atomic mass is 35.5.